The molecule has 0 bridgehead atoms. The summed E-state index contributed by atoms with van der Waals surface area (Å²) in [5.74, 6) is 0.232. The first kappa shape index (κ1) is 16.6. The summed E-state index contributed by atoms with van der Waals surface area (Å²) in [6.07, 6.45) is 0. The number of fused-ring (bicyclic) bond motifs is 1. The van der Waals surface area contributed by atoms with E-state index in [2.05, 4.69) is 41.6 Å². The number of hydrogen-bond donors (Lipinski definition) is 2. The lowest BCUT2D eigenvalue weighted by atomic mass is 10.2. The fourth-order valence-electron chi connectivity index (χ4n) is 2.36. The van der Waals surface area contributed by atoms with Crippen LogP contribution < -0.4 is 5.43 Å². The molecule has 0 aliphatic carbocycles. The van der Waals surface area contributed by atoms with Crippen molar-refractivity contribution in [2.75, 3.05) is 5.43 Å². The summed E-state index contributed by atoms with van der Waals surface area (Å²) in [5, 5.41) is 11.5. The van der Waals surface area contributed by atoms with E-state index in [1.54, 1.807) is 0 Å². The molecular weight excluding hydrogens is 414 g/mol. The van der Waals surface area contributed by atoms with Gasteiger partial charge in [-0.05, 0) is 33.6 Å². The largest absolute Gasteiger partial charge is 0.283 e. The molecule has 128 valence electrons. The third kappa shape index (κ3) is 3.42. The number of aromatic amines is 1. The fraction of sp³-hybridized carbons (Fsp3) is 0. The highest BCUT2D eigenvalue weighted by Gasteiger charge is 2.17. The van der Waals surface area contributed by atoms with Crippen LogP contribution in [0.3, 0.4) is 0 Å². The average molecular weight is 426 g/mol. The smallest absolute Gasteiger partial charge is 0.248 e. The van der Waals surface area contributed by atoms with Crippen LogP contribution >= 0.6 is 27.3 Å². The zero-order valence-electron chi connectivity index (χ0n) is 13.3. The fourth-order valence-corrected chi connectivity index (χ4v) is 3.67. The van der Waals surface area contributed by atoms with E-state index < -0.39 is 0 Å². The van der Waals surface area contributed by atoms with Crippen molar-refractivity contribution in [3.63, 3.8) is 0 Å². The maximum absolute atomic E-state index is 12.5. The number of carbonyl (C=O) groups is 1. The highest BCUT2D eigenvalue weighted by Crippen LogP contribution is 2.23. The van der Waals surface area contributed by atoms with E-state index in [-0.39, 0.29) is 10.4 Å². The molecule has 0 aliphatic rings. The molecule has 2 heterocycles. The minimum atomic E-state index is -0.280. The molecule has 0 amide bonds. The molecule has 2 N–H and O–H groups in total. The Kier molecular flexibility index (Phi) is 4.59. The lowest BCUT2D eigenvalue weighted by Crippen LogP contribution is -2.09. The van der Waals surface area contributed by atoms with Crippen LogP contribution in [0.15, 0.2) is 65.8 Å². The molecule has 6 nitrogen and oxygen atoms in total. The number of hydrazone groups is 1. The minimum absolute atomic E-state index is 0.140. The van der Waals surface area contributed by atoms with Gasteiger partial charge in [0.05, 0.1) is 15.9 Å². The third-order valence-corrected chi connectivity index (χ3v) is 5.18. The number of nitrogens with one attached hydrogen (secondary N) is 2. The number of H-pyrrole nitrogens is 1. The first-order valence-corrected chi connectivity index (χ1v) is 9.32. The van der Waals surface area contributed by atoms with Crippen LogP contribution in [0, 0.1) is 0 Å². The van der Waals surface area contributed by atoms with Crippen molar-refractivity contribution in [2.24, 2.45) is 5.10 Å². The minimum Gasteiger partial charge on any atom is -0.283 e. The molecule has 26 heavy (non-hydrogen) atoms. The first-order chi connectivity index (χ1) is 12.7. The van der Waals surface area contributed by atoms with Crippen molar-refractivity contribution in [1.82, 2.24) is 15.2 Å². The molecule has 0 atom stereocenters. The summed E-state index contributed by atoms with van der Waals surface area (Å²) in [7, 11) is 0. The van der Waals surface area contributed by atoms with Gasteiger partial charge >= 0.3 is 0 Å². The summed E-state index contributed by atoms with van der Waals surface area (Å²) < 4.78 is 1.10. The first-order valence-electron chi connectivity index (χ1n) is 7.71. The Hall–Kier alpha value is -2.84. The summed E-state index contributed by atoms with van der Waals surface area (Å²) in [6.45, 7) is 0. The average Bonchev–Trinajstić information content (AvgIpc) is 3.33. The molecule has 0 saturated carbocycles. The maximum Gasteiger partial charge on any atom is 0.248 e. The highest BCUT2D eigenvalue weighted by atomic mass is 79.9. The molecule has 4 aromatic rings. The maximum atomic E-state index is 12.5. The number of aromatic nitrogens is 3. The van der Waals surface area contributed by atoms with Crippen LogP contribution in [0.2, 0.25) is 0 Å². The van der Waals surface area contributed by atoms with Crippen LogP contribution in [0.1, 0.15) is 9.80 Å². The lowest BCUT2D eigenvalue weighted by Gasteiger charge is -1.96. The third-order valence-electron chi connectivity index (χ3n) is 3.61. The molecule has 0 saturated heterocycles. The van der Waals surface area contributed by atoms with Crippen molar-refractivity contribution >= 4 is 53.7 Å². The van der Waals surface area contributed by atoms with Gasteiger partial charge in [0.1, 0.15) is 0 Å². The summed E-state index contributed by atoms with van der Waals surface area (Å²) in [5.41, 5.74) is 5.45. The molecule has 0 radical (unpaired) electrons. The number of nitrogens with zero attached hydrogens (tertiary/aromatic N) is 3. The van der Waals surface area contributed by atoms with E-state index in [0.29, 0.717) is 10.8 Å². The van der Waals surface area contributed by atoms with Crippen molar-refractivity contribution in [1.29, 1.82) is 0 Å². The van der Waals surface area contributed by atoms with Gasteiger partial charge in [-0.2, -0.15) is 10.2 Å². The molecule has 8 heteroatoms. The van der Waals surface area contributed by atoms with E-state index in [9.17, 15) is 4.79 Å². The highest BCUT2D eigenvalue weighted by molar-refractivity contribution is 9.19. The van der Waals surface area contributed by atoms with E-state index >= 15 is 0 Å². The van der Waals surface area contributed by atoms with Gasteiger partial charge in [0, 0.05) is 6.07 Å². The van der Waals surface area contributed by atoms with Crippen LogP contribution in [0.25, 0.3) is 21.5 Å². The zero-order chi connectivity index (χ0) is 17.9. The van der Waals surface area contributed by atoms with E-state index in [0.717, 1.165) is 21.5 Å². The van der Waals surface area contributed by atoms with Crippen molar-refractivity contribution in [3.8, 4) is 11.3 Å². The van der Waals surface area contributed by atoms with Gasteiger partial charge in [-0.1, -0.05) is 42.5 Å². The second kappa shape index (κ2) is 7.19. The van der Waals surface area contributed by atoms with Crippen LogP contribution in [-0.2, 0) is 0 Å². The number of thiazole rings is 1. The van der Waals surface area contributed by atoms with Gasteiger partial charge in [0.25, 0.3) is 0 Å². The van der Waals surface area contributed by atoms with E-state index in [1.165, 1.54) is 11.3 Å². The Bertz CT molecular complexity index is 1070. The second-order valence-electron chi connectivity index (χ2n) is 5.36. The molecule has 2 aromatic heterocycles. The van der Waals surface area contributed by atoms with Gasteiger partial charge in [0.15, 0.2) is 15.4 Å². The second-order valence-corrected chi connectivity index (χ2v) is 7.14. The van der Waals surface area contributed by atoms with Gasteiger partial charge in [0.2, 0.25) is 5.78 Å². The number of para-hydroxylation sites is 1. The summed E-state index contributed by atoms with van der Waals surface area (Å²) >= 11 is 4.55. The van der Waals surface area contributed by atoms with Gasteiger partial charge in [-0.3, -0.25) is 15.3 Å². The molecule has 4 rings (SSSR count). The molecular formula is C18H12BrN5OS. The van der Waals surface area contributed by atoms with Gasteiger partial charge in [-0.15, -0.1) is 11.3 Å². The molecule has 0 unspecified atom stereocenters. The van der Waals surface area contributed by atoms with Crippen molar-refractivity contribution in [3.05, 3.63) is 65.7 Å². The van der Waals surface area contributed by atoms with Crippen molar-refractivity contribution < 1.29 is 4.79 Å². The number of carbonyl (C=O) groups excluding carboxylic acids is 1. The Morgan fingerprint density at radius 1 is 1.12 bits per heavy atom. The number of ketones is 1. The lowest BCUT2D eigenvalue weighted by molar-refractivity contribution is 0.106. The van der Waals surface area contributed by atoms with Gasteiger partial charge in [-0.25, -0.2) is 4.98 Å². The standard InChI is InChI=1S/C18H12BrN5OS/c19-17(16(25)18-20-12-8-4-5-9-14(12)26-18)24-23-15-10-13(21-22-15)11-6-2-1-3-7-11/h1-10H,(H2,21,22,23)/b24-17-. The van der Waals surface area contributed by atoms with E-state index in [1.807, 2.05) is 60.7 Å². The number of anilines is 1. The molecule has 0 aliphatic heterocycles. The normalized spacial score (nSPS) is 11.7. The van der Waals surface area contributed by atoms with Crippen LogP contribution in [-0.4, -0.2) is 25.6 Å². The zero-order valence-corrected chi connectivity index (χ0v) is 15.7. The van der Waals surface area contributed by atoms with Crippen molar-refractivity contribution in [2.45, 2.75) is 0 Å². The molecule has 2 aromatic carbocycles. The monoisotopic (exact) mass is 425 g/mol. The van der Waals surface area contributed by atoms with E-state index in [4.69, 9.17) is 0 Å². The Balaban J connectivity index is 1.49. The molecule has 0 spiro atoms. The Morgan fingerprint density at radius 3 is 2.69 bits per heavy atom. The number of benzene rings is 2. The topological polar surface area (TPSA) is 83.0 Å². The predicted molar refractivity (Wildman–Crippen MR) is 108 cm³/mol. The summed E-state index contributed by atoms with van der Waals surface area (Å²) in [4.78, 5) is 16.8. The summed E-state index contributed by atoms with van der Waals surface area (Å²) in [6, 6.07) is 19.3. The number of Topliss-reactive ketones (excluding diaryl/α,β-unsaturated/α-hetero) is 1. The SMILES string of the molecule is O=C(/C(Br)=N/Nc1cc(-c2ccccc2)[nH]n1)c1nc2ccccc2s1. The Morgan fingerprint density at radius 2 is 1.88 bits per heavy atom. The Labute approximate surface area is 161 Å². The molecule has 0 fully saturated rings. The number of rotatable bonds is 5. The van der Waals surface area contributed by atoms with Crippen LogP contribution in [0.4, 0.5) is 5.82 Å². The quantitative estimate of drug-likeness (QED) is 0.276. The number of halogens is 1. The predicted octanol–water partition coefficient (Wildman–Crippen LogP) is 4.69. The van der Waals surface area contributed by atoms with Crippen LogP contribution in [0.5, 0.6) is 0 Å². The number of hydrogen-bond acceptors (Lipinski definition) is 6. The van der Waals surface area contributed by atoms with Gasteiger partial charge < -0.3 is 0 Å².